The number of esters is 1. The predicted molar refractivity (Wildman–Crippen MR) is 89.7 cm³/mol. The lowest BCUT2D eigenvalue weighted by atomic mass is 9.97. The molecule has 0 spiro atoms. The lowest BCUT2D eigenvalue weighted by Gasteiger charge is -2.38. The Balaban J connectivity index is 0.00000156. The van der Waals surface area contributed by atoms with Gasteiger partial charge in [-0.2, -0.15) is 0 Å². The fourth-order valence-electron chi connectivity index (χ4n) is 4.04. The van der Waals surface area contributed by atoms with E-state index in [1.54, 1.807) is 0 Å². The number of halogens is 1. The Morgan fingerprint density at radius 1 is 1.30 bits per heavy atom. The van der Waals surface area contributed by atoms with Crippen molar-refractivity contribution in [3.8, 4) is 0 Å². The number of piperidine rings is 1. The van der Waals surface area contributed by atoms with Crippen LogP contribution < -0.4 is 0 Å². The standard InChI is InChI=1S/C17H21NO4.BrH/c1-18-13-7-11(8-14(18)16-15(13)22-16)21-17(20)12(9-19)10-5-3-2-4-6-10;/h2-6,11-16,19H,7-9H2,1H3;1H/t11?,12?,13-,14+,15-,16+;. The zero-order chi connectivity index (χ0) is 15.3. The van der Waals surface area contributed by atoms with E-state index in [1.807, 2.05) is 30.3 Å². The molecule has 3 aliphatic rings. The highest BCUT2D eigenvalue weighted by molar-refractivity contribution is 8.93. The van der Waals surface area contributed by atoms with E-state index in [0.717, 1.165) is 18.4 Å². The maximum atomic E-state index is 12.4. The Morgan fingerprint density at radius 2 is 1.91 bits per heavy atom. The number of hydrogen-bond donors (Lipinski definition) is 1. The minimum Gasteiger partial charge on any atom is -0.462 e. The Bertz CT molecular complexity index is 551. The third-order valence-electron chi connectivity index (χ3n) is 5.33. The van der Waals surface area contributed by atoms with Crippen LogP contribution in [0.4, 0.5) is 0 Å². The molecule has 23 heavy (non-hydrogen) atoms. The van der Waals surface area contributed by atoms with Gasteiger partial charge in [-0.05, 0) is 12.6 Å². The molecule has 2 unspecified atom stereocenters. The van der Waals surface area contributed by atoms with Gasteiger partial charge in [-0.3, -0.25) is 9.69 Å². The number of morpholine rings is 1. The molecule has 0 radical (unpaired) electrons. The molecule has 126 valence electrons. The number of hydrogen-bond acceptors (Lipinski definition) is 5. The number of rotatable bonds is 4. The fraction of sp³-hybridized carbons (Fsp3) is 0.588. The Hall–Kier alpha value is -0.950. The molecule has 0 amide bonds. The second kappa shape index (κ2) is 6.51. The van der Waals surface area contributed by atoms with Crippen molar-refractivity contribution in [2.75, 3.05) is 13.7 Å². The number of aliphatic hydroxyl groups excluding tert-OH is 1. The fourth-order valence-corrected chi connectivity index (χ4v) is 4.04. The van der Waals surface area contributed by atoms with Crippen molar-refractivity contribution in [3.05, 3.63) is 35.9 Å². The minimum absolute atomic E-state index is 0. The lowest BCUT2D eigenvalue weighted by Crippen LogP contribution is -2.48. The third kappa shape index (κ3) is 2.93. The van der Waals surface area contributed by atoms with Crippen LogP contribution in [-0.4, -0.2) is 60.0 Å². The zero-order valence-electron chi connectivity index (χ0n) is 13.0. The number of nitrogens with zero attached hydrogens (tertiary/aromatic N) is 1. The highest BCUT2D eigenvalue weighted by Gasteiger charge is 2.62. The largest absolute Gasteiger partial charge is 0.462 e. The van der Waals surface area contributed by atoms with Gasteiger partial charge in [0, 0.05) is 24.9 Å². The number of carbonyl (C=O) groups is 1. The molecule has 2 bridgehead atoms. The molecule has 3 fully saturated rings. The van der Waals surface area contributed by atoms with E-state index in [9.17, 15) is 9.90 Å². The molecular weight excluding hydrogens is 362 g/mol. The van der Waals surface area contributed by atoms with Gasteiger partial charge in [0.15, 0.2) is 0 Å². The van der Waals surface area contributed by atoms with Crippen LogP contribution in [0, 0.1) is 0 Å². The van der Waals surface area contributed by atoms with Crippen LogP contribution in [0.2, 0.25) is 0 Å². The molecule has 0 aliphatic carbocycles. The van der Waals surface area contributed by atoms with Gasteiger partial charge in [0.1, 0.15) is 24.2 Å². The van der Waals surface area contributed by atoms with E-state index in [2.05, 4.69) is 11.9 Å². The van der Waals surface area contributed by atoms with Crippen LogP contribution in [0.25, 0.3) is 0 Å². The number of carbonyl (C=O) groups excluding carboxylic acids is 1. The van der Waals surface area contributed by atoms with Crippen molar-refractivity contribution in [3.63, 3.8) is 0 Å². The summed E-state index contributed by atoms with van der Waals surface area (Å²) in [4.78, 5) is 14.8. The molecule has 3 heterocycles. The van der Waals surface area contributed by atoms with Gasteiger partial charge in [0.05, 0.1) is 6.61 Å². The third-order valence-corrected chi connectivity index (χ3v) is 5.33. The first-order chi connectivity index (χ1) is 10.7. The van der Waals surface area contributed by atoms with E-state index in [1.165, 1.54) is 0 Å². The quantitative estimate of drug-likeness (QED) is 0.630. The normalized spacial score (nSPS) is 35.8. The monoisotopic (exact) mass is 383 g/mol. The van der Waals surface area contributed by atoms with E-state index < -0.39 is 5.92 Å². The number of ether oxygens (including phenoxy) is 2. The van der Waals surface area contributed by atoms with Gasteiger partial charge in [-0.1, -0.05) is 30.3 Å². The molecule has 1 aromatic rings. The van der Waals surface area contributed by atoms with Crippen LogP contribution in [0.15, 0.2) is 30.3 Å². The van der Waals surface area contributed by atoms with Crippen molar-refractivity contribution < 1.29 is 19.4 Å². The van der Waals surface area contributed by atoms with Crippen LogP contribution in [0.1, 0.15) is 24.3 Å². The van der Waals surface area contributed by atoms with Crippen molar-refractivity contribution in [1.29, 1.82) is 0 Å². The lowest BCUT2D eigenvalue weighted by molar-refractivity contribution is -0.156. The highest BCUT2D eigenvalue weighted by Crippen LogP contribution is 2.48. The second-order valence-corrected chi connectivity index (χ2v) is 6.54. The number of epoxide rings is 1. The number of benzene rings is 1. The smallest absolute Gasteiger partial charge is 0.316 e. The molecule has 4 rings (SSSR count). The summed E-state index contributed by atoms with van der Waals surface area (Å²) >= 11 is 0. The van der Waals surface area contributed by atoms with Gasteiger partial charge in [0.25, 0.3) is 0 Å². The van der Waals surface area contributed by atoms with Crippen LogP contribution in [0.3, 0.4) is 0 Å². The van der Waals surface area contributed by atoms with E-state index in [0.29, 0.717) is 24.3 Å². The van der Waals surface area contributed by atoms with E-state index in [4.69, 9.17) is 9.47 Å². The summed E-state index contributed by atoms with van der Waals surface area (Å²) in [5.74, 6) is -0.915. The average molecular weight is 384 g/mol. The Kier molecular flexibility index (Phi) is 4.78. The molecular formula is C17H22BrNO4. The molecule has 5 nitrogen and oxygen atoms in total. The van der Waals surface area contributed by atoms with Gasteiger partial charge < -0.3 is 14.6 Å². The Morgan fingerprint density at radius 3 is 2.48 bits per heavy atom. The van der Waals surface area contributed by atoms with Crippen molar-refractivity contribution in [1.82, 2.24) is 4.90 Å². The number of fused-ring (bicyclic) bond motifs is 5. The molecule has 6 atom stereocenters. The summed E-state index contributed by atoms with van der Waals surface area (Å²) in [6.07, 6.45) is 2.26. The average Bonchev–Trinajstić information content (AvgIpc) is 3.27. The first kappa shape index (κ1) is 16.9. The Labute approximate surface area is 146 Å². The summed E-state index contributed by atoms with van der Waals surface area (Å²) in [7, 11) is 2.13. The van der Waals surface area contributed by atoms with E-state index >= 15 is 0 Å². The molecule has 1 N–H and O–H groups in total. The maximum absolute atomic E-state index is 12.4. The molecule has 1 aromatic carbocycles. The molecule has 6 heteroatoms. The van der Waals surface area contributed by atoms with Crippen molar-refractivity contribution in [2.45, 2.75) is 49.2 Å². The summed E-state index contributed by atoms with van der Waals surface area (Å²) in [5, 5.41) is 9.56. The number of aliphatic hydroxyl groups is 1. The van der Waals surface area contributed by atoms with Crippen LogP contribution >= 0.6 is 17.0 Å². The SMILES string of the molecule is Br.CN1[C@@H]2CC(OC(=O)C(CO)c3ccccc3)C[C@H]1[C@@H]1O[C@@H]12. The molecule has 0 saturated carbocycles. The molecule has 3 aliphatic heterocycles. The minimum atomic E-state index is -0.593. The summed E-state index contributed by atoms with van der Waals surface area (Å²) in [6.45, 7) is -0.226. The van der Waals surface area contributed by atoms with E-state index in [-0.39, 0.29) is 35.7 Å². The van der Waals surface area contributed by atoms with Gasteiger partial charge in [-0.15, -0.1) is 17.0 Å². The second-order valence-electron chi connectivity index (χ2n) is 6.54. The topological polar surface area (TPSA) is 62.3 Å². The van der Waals surface area contributed by atoms with Crippen LogP contribution in [0.5, 0.6) is 0 Å². The summed E-state index contributed by atoms with van der Waals surface area (Å²) < 4.78 is 11.4. The predicted octanol–water partition coefficient (Wildman–Crippen LogP) is 1.50. The number of likely N-dealkylation sites (N-methyl/N-ethyl adjacent to an activating group) is 1. The molecule has 0 aromatic heterocycles. The first-order valence-electron chi connectivity index (χ1n) is 7.92. The molecule has 3 saturated heterocycles. The summed E-state index contributed by atoms with van der Waals surface area (Å²) in [6, 6.07) is 10.1. The van der Waals surface area contributed by atoms with Gasteiger partial charge in [0.2, 0.25) is 0 Å². The highest BCUT2D eigenvalue weighted by atomic mass is 79.9. The maximum Gasteiger partial charge on any atom is 0.316 e. The van der Waals surface area contributed by atoms with Crippen molar-refractivity contribution in [2.24, 2.45) is 0 Å². The van der Waals surface area contributed by atoms with Gasteiger partial charge in [-0.25, -0.2) is 0 Å². The summed E-state index contributed by atoms with van der Waals surface area (Å²) in [5.41, 5.74) is 0.803. The van der Waals surface area contributed by atoms with Gasteiger partial charge >= 0.3 is 5.97 Å². The zero-order valence-corrected chi connectivity index (χ0v) is 14.7. The van der Waals surface area contributed by atoms with Crippen molar-refractivity contribution >= 4 is 23.0 Å². The van der Waals surface area contributed by atoms with Crippen LogP contribution in [-0.2, 0) is 14.3 Å². The first-order valence-corrected chi connectivity index (χ1v) is 7.92.